The highest BCUT2D eigenvalue weighted by molar-refractivity contribution is 6.30. The lowest BCUT2D eigenvalue weighted by atomic mass is 10.3. The van der Waals surface area contributed by atoms with Crippen LogP contribution in [0.25, 0.3) is 11.0 Å². The molecule has 0 fully saturated rings. The molecule has 6 heteroatoms. The molecule has 3 rings (SSSR count). The van der Waals surface area contributed by atoms with Gasteiger partial charge in [0, 0.05) is 11.6 Å². The third-order valence-corrected chi connectivity index (χ3v) is 4.14. The van der Waals surface area contributed by atoms with Crippen LogP contribution in [-0.4, -0.2) is 27.0 Å². The number of imidazole rings is 1. The molecular formula is C18H19ClN2O3. The van der Waals surface area contributed by atoms with Gasteiger partial charge >= 0.3 is 5.69 Å². The first-order valence-corrected chi connectivity index (χ1v) is 8.22. The minimum atomic E-state index is -0.797. The molecule has 126 valence electrons. The highest BCUT2D eigenvalue weighted by atomic mass is 35.5. The summed E-state index contributed by atoms with van der Waals surface area (Å²) in [5.41, 5.74) is 1.56. The molecule has 5 nitrogen and oxygen atoms in total. The van der Waals surface area contributed by atoms with Crippen LogP contribution >= 0.6 is 11.6 Å². The Bertz CT molecular complexity index is 883. The van der Waals surface area contributed by atoms with Crippen LogP contribution in [0.1, 0.15) is 6.92 Å². The van der Waals surface area contributed by atoms with Gasteiger partial charge in [-0.25, -0.2) is 4.79 Å². The number of para-hydroxylation sites is 2. The van der Waals surface area contributed by atoms with Gasteiger partial charge in [0.25, 0.3) is 0 Å². The van der Waals surface area contributed by atoms with Gasteiger partial charge in [0.1, 0.15) is 18.5 Å². The van der Waals surface area contributed by atoms with Crippen LogP contribution < -0.4 is 10.4 Å². The molecule has 3 aromatic rings. The lowest BCUT2D eigenvalue weighted by Gasteiger charge is -2.13. The van der Waals surface area contributed by atoms with Crippen molar-refractivity contribution in [3.8, 4) is 5.75 Å². The van der Waals surface area contributed by atoms with E-state index < -0.39 is 6.10 Å². The molecule has 24 heavy (non-hydrogen) atoms. The van der Waals surface area contributed by atoms with Crippen molar-refractivity contribution < 1.29 is 9.84 Å². The number of ether oxygens (including phenoxy) is 1. The van der Waals surface area contributed by atoms with Gasteiger partial charge < -0.3 is 9.84 Å². The van der Waals surface area contributed by atoms with Gasteiger partial charge in [-0.15, -0.1) is 0 Å². The van der Waals surface area contributed by atoms with Crippen LogP contribution in [0.5, 0.6) is 5.75 Å². The summed E-state index contributed by atoms with van der Waals surface area (Å²) in [6.07, 6.45) is -0.797. The van der Waals surface area contributed by atoms with Gasteiger partial charge in [-0.3, -0.25) is 9.13 Å². The molecule has 0 aliphatic heterocycles. The molecule has 0 aliphatic rings. The number of hydrogen-bond donors (Lipinski definition) is 1. The number of nitrogens with zero attached hydrogens (tertiary/aromatic N) is 2. The number of aliphatic hydroxyl groups is 1. The van der Waals surface area contributed by atoms with E-state index in [1.807, 2.05) is 31.2 Å². The Balaban J connectivity index is 1.76. The minimum Gasteiger partial charge on any atom is -0.491 e. The number of aryl methyl sites for hydroxylation is 1. The summed E-state index contributed by atoms with van der Waals surface area (Å²) in [6, 6.07) is 14.5. The Morgan fingerprint density at radius 3 is 2.33 bits per heavy atom. The molecule has 0 radical (unpaired) electrons. The fourth-order valence-corrected chi connectivity index (χ4v) is 2.87. The number of rotatable bonds is 6. The van der Waals surface area contributed by atoms with Crippen molar-refractivity contribution in [2.24, 2.45) is 0 Å². The van der Waals surface area contributed by atoms with Crippen LogP contribution in [-0.2, 0) is 13.1 Å². The maximum Gasteiger partial charge on any atom is 0.329 e. The normalized spacial score (nSPS) is 12.5. The lowest BCUT2D eigenvalue weighted by Crippen LogP contribution is -2.31. The van der Waals surface area contributed by atoms with E-state index in [4.69, 9.17) is 16.3 Å². The van der Waals surface area contributed by atoms with E-state index in [1.54, 1.807) is 33.4 Å². The molecule has 0 saturated carbocycles. The van der Waals surface area contributed by atoms with Crippen LogP contribution in [0.3, 0.4) is 0 Å². The Labute approximate surface area is 144 Å². The average Bonchev–Trinajstić information content (AvgIpc) is 2.86. The number of fused-ring (bicyclic) bond motifs is 1. The molecule has 0 bridgehead atoms. The summed E-state index contributed by atoms with van der Waals surface area (Å²) in [4.78, 5) is 12.5. The van der Waals surface area contributed by atoms with Crippen LogP contribution in [0.4, 0.5) is 0 Å². The summed E-state index contributed by atoms with van der Waals surface area (Å²) in [5.74, 6) is 0.627. The number of hydrogen-bond acceptors (Lipinski definition) is 3. The zero-order valence-electron chi connectivity index (χ0n) is 13.4. The molecule has 0 spiro atoms. The molecule has 1 atom stereocenters. The van der Waals surface area contributed by atoms with Crippen molar-refractivity contribution in [1.29, 1.82) is 0 Å². The molecule has 0 aliphatic carbocycles. The third-order valence-electron chi connectivity index (χ3n) is 3.89. The summed E-state index contributed by atoms with van der Waals surface area (Å²) in [7, 11) is 0. The first-order valence-electron chi connectivity index (χ1n) is 7.84. The maximum atomic E-state index is 12.5. The molecule has 2 aromatic carbocycles. The van der Waals surface area contributed by atoms with Gasteiger partial charge in [0.05, 0.1) is 17.6 Å². The molecule has 0 unspecified atom stereocenters. The molecule has 1 aromatic heterocycles. The second-order valence-electron chi connectivity index (χ2n) is 5.54. The second-order valence-corrected chi connectivity index (χ2v) is 5.98. The molecule has 0 saturated heterocycles. The number of aromatic nitrogens is 2. The Hall–Kier alpha value is -2.24. The number of benzene rings is 2. The topological polar surface area (TPSA) is 56.4 Å². The van der Waals surface area contributed by atoms with Crippen molar-refractivity contribution in [3.05, 3.63) is 64.0 Å². The van der Waals surface area contributed by atoms with E-state index in [0.717, 1.165) is 11.0 Å². The monoisotopic (exact) mass is 346 g/mol. The Morgan fingerprint density at radius 1 is 1.08 bits per heavy atom. The summed E-state index contributed by atoms with van der Waals surface area (Å²) in [5, 5.41) is 10.9. The zero-order valence-corrected chi connectivity index (χ0v) is 14.1. The van der Waals surface area contributed by atoms with Crippen molar-refractivity contribution >= 4 is 22.6 Å². The Kier molecular flexibility index (Phi) is 4.92. The van der Waals surface area contributed by atoms with Gasteiger partial charge in [0.2, 0.25) is 0 Å². The zero-order chi connectivity index (χ0) is 17.1. The predicted octanol–water partition coefficient (Wildman–Crippen LogP) is 2.92. The van der Waals surface area contributed by atoms with Crippen LogP contribution in [0.15, 0.2) is 53.3 Å². The van der Waals surface area contributed by atoms with Gasteiger partial charge in [0.15, 0.2) is 0 Å². The summed E-state index contributed by atoms with van der Waals surface area (Å²) in [6.45, 7) is 2.79. The van der Waals surface area contributed by atoms with E-state index in [0.29, 0.717) is 17.3 Å². The summed E-state index contributed by atoms with van der Waals surface area (Å²) >= 11 is 5.83. The first-order chi connectivity index (χ1) is 11.6. The fraction of sp³-hybridized carbons (Fsp3) is 0.278. The predicted molar refractivity (Wildman–Crippen MR) is 94.8 cm³/mol. The minimum absolute atomic E-state index is 0.0969. The highest BCUT2D eigenvalue weighted by Crippen LogP contribution is 2.16. The maximum absolute atomic E-state index is 12.5. The lowest BCUT2D eigenvalue weighted by molar-refractivity contribution is 0.0925. The average molecular weight is 347 g/mol. The van der Waals surface area contributed by atoms with E-state index in [9.17, 15) is 9.90 Å². The second kappa shape index (κ2) is 7.11. The van der Waals surface area contributed by atoms with E-state index in [-0.39, 0.29) is 18.8 Å². The summed E-state index contributed by atoms with van der Waals surface area (Å²) < 4.78 is 8.84. The van der Waals surface area contributed by atoms with Gasteiger partial charge in [-0.1, -0.05) is 23.7 Å². The van der Waals surface area contributed by atoms with E-state index >= 15 is 0 Å². The van der Waals surface area contributed by atoms with E-state index in [2.05, 4.69) is 0 Å². The Morgan fingerprint density at radius 2 is 1.71 bits per heavy atom. The molecule has 1 N–H and O–H groups in total. The van der Waals surface area contributed by atoms with Crippen LogP contribution in [0.2, 0.25) is 5.02 Å². The molecular weight excluding hydrogens is 328 g/mol. The van der Waals surface area contributed by atoms with Crippen molar-refractivity contribution in [2.75, 3.05) is 6.61 Å². The van der Waals surface area contributed by atoms with Crippen LogP contribution in [0, 0.1) is 0 Å². The largest absolute Gasteiger partial charge is 0.491 e. The molecule has 1 heterocycles. The van der Waals surface area contributed by atoms with Crippen molar-refractivity contribution in [2.45, 2.75) is 26.1 Å². The standard InChI is InChI=1S/C18H19ClN2O3/c1-2-20-16-5-3-4-6-17(16)21(18(20)23)11-14(22)12-24-15-9-7-13(19)8-10-15/h3-10,14,22H,2,11-12H2,1H3/t14-/m1/s1. The fourth-order valence-electron chi connectivity index (χ4n) is 2.74. The number of aliphatic hydroxyl groups excluding tert-OH is 1. The molecule has 0 amide bonds. The quantitative estimate of drug-likeness (QED) is 0.746. The highest BCUT2D eigenvalue weighted by Gasteiger charge is 2.15. The SMILES string of the molecule is CCn1c(=O)n(C[C@@H](O)COc2ccc(Cl)cc2)c2ccccc21. The van der Waals surface area contributed by atoms with Gasteiger partial charge in [-0.05, 0) is 43.3 Å². The van der Waals surface area contributed by atoms with Crippen molar-refractivity contribution in [1.82, 2.24) is 9.13 Å². The third kappa shape index (κ3) is 3.32. The first kappa shape index (κ1) is 16.6. The number of halogens is 1. The smallest absolute Gasteiger partial charge is 0.329 e. The van der Waals surface area contributed by atoms with E-state index in [1.165, 1.54) is 0 Å². The van der Waals surface area contributed by atoms with Gasteiger partial charge in [-0.2, -0.15) is 0 Å². The van der Waals surface area contributed by atoms with Crippen molar-refractivity contribution in [3.63, 3.8) is 0 Å².